The van der Waals surface area contributed by atoms with Gasteiger partial charge in [-0.05, 0) is 18.2 Å². The van der Waals surface area contributed by atoms with Gasteiger partial charge >= 0.3 is 5.97 Å². The lowest BCUT2D eigenvalue weighted by atomic mass is 10.2. The van der Waals surface area contributed by atoms with E-state index in [1.54, 1.807) is 18.9 Å². The number of aliphatic carboxylic acids is 1. The summed E-state index contributed by atoms with van der Waals surface area (Å²) in [6, 6.07) is 14.6. The van der Waals surface area contributed by atoms with E-state index in [1.165, 1.54) is 0 Å². The molecule has 0 aromatic heterocycles. The Morgan fingerprint density at radius 1 is 1.08 bits per heavy atom. The van der Waals surface area contributed by atoms with Crippen LogP contribution in [-0.2, 0) is 4.79 Å². The number of hydrogen-bond donors (Lipinski definition) is 2. The molecule has 0 radical (unpaired) electrons. The predicted octanol–water partition coefficient (Wildman–Crippen LogP) is 2.94. The average molecular weight is 375 g/mol. The molecular weight excluding hydrogens is 354 g/mol. The maximum atomic E-state index is 11.1. The summed E-state index contributed by atoms with van der Waals surface area (Å²) in [6.07, 6.45) is 0. The third-order valence-corrected chi connectivity index (χ3v) is 5.20. The van der Waals surface area contributed by atoms with Gasteiger partial charge in [0.05, 0.1) is 12.5 Å². The number of hydrogen-bond acceptors (Lipinski definition) is 6. The predicted molar refractivity (Wildman–Crippen MR) is 100 cm³/mol. The van der Waals surface area contributed by atoms with Gasteiger partial charge in [-0.3, -0.25) is 10.1 Å². The van der Waals surface area contributed by atoms with E-state index in [0.29, 0.717) is 30.5 Å². The van der Waals surface area contributed by atoms with Crippen LogP contribution in [0.4, 0.5) is 0 Å². The lowest BCUT2D eigenvalue weighted by Gasteiger charge is -2.17. The molecule has 7 heteroatoms. The zero-order valence-electron chi connectivity index (χ0n) is 14.4. The molecule has 2 N–H and O–H groups in total. The summed E-state index contributed by atoms with van der Waals surface area (Å²) in [7, 11) is 1.60. The first-order valence-electron chi connectivity index (χ1n) is 8.27. The highest BCUT2D eigenvalue weighted by Crippen LogP contribution is 2.37. The van der Waals surface area contributed by atoms with Crippen LogP contribution in [0.25, 0.3) is 0 Å². The van der Waals surface area contributed by atoms with Gasteiger partial charge in [0.25, 0.3) is 0 Å². The van der Waals surface area contributed by atoms with Gasteiger partial charge in [-0.1, -0.05) is 30.3 Å². The van der Waals surface area contributed by atoms with E-state index in [0.717, 1.165) is 11.3 Å². The molecule has 0 bridgehead atoms. The maximum Gasteiger partial charge on any atom is 0.321 e. The first kappa shape index (κ1) is 18.4. The molecular formula is C19H21NO5S. The SMILES string of the molecule is COc1ccccc1OCCOc1ccccc1C1NC(C(=O)O)CS1. The lowest BCUT2D eigenvalue weighted by molar-refractivity contribution is -0.138. The van der Waals surface area contributed by atoms with Crippen LogP contribution in [0.1, 0.15) is 10.9 Å². The first-order valence-corrected chi connectivity index (χ1v) is 9.32. The van der Waals surface area contributed by atoms with Crippen LogP contribution in [0, 0.1) is 0 Å². The zero-order valence-corrected chi connectivity index (χ0v) is 15.2. The zero-order chi connectivity index (χ0) is 18.4. The molecule has 1 aliphatic heterocycles. The minimum Gasteiger partial charge on any atom is -0.493 e. The second-order valence-corrected chi connectivity index (χ2v) is 6.79. The fourth-order valence-corrected chi connectivity index (χ4v) is 3.92. The minimum atomic E-state index is -0.830. The molecule has 6 nitrogen and oxygen atoms in total. The van der Waals surface area contributed by atoms with Crippen molar-refractivity contribution in [2.75, 3.05) is 26.1 Å². The molecule has 0 saturated carbocycles. The molecule has 0 spiro atoms. The van der Waals surface area contributed by atoms with Crippen LogP contribution in [0.3, 0.4) is 0 Å². The molecule has 1 fully saturated rings. The maximum absolute atomic E-state index is 11.1. The number of nitrogens with one attached hydrogen (secondary N) is 1. The van der Waals surface area contributed by atoms with Gasteiger partial charge in [-0.15, -0.1) is 11.8 Å². The van der Waals surface area contributed by atoms with E-state index in [-0.39, 0.29) is 5.37 Å². The molecule has 0 amide bonds. The van der Waals surface area contributed by atoms with Crippen molar-refractivity contribution >= 4 is 17.7 Å². The monoisotopic (exact) mass is 375 g/mol. The second-order valence-electron chi connectivity index (χ2n) is 5.66. The summed E-state index contributed by atoms with van der Waals surface area (Å²) in [5, 5.41) is 12.2. The second kappa shape index (κ2) is 8.82. The molecule has 2 atom stereocenters. The lowest BCUT2D eigenvalue weighted by Crippen LogP contribution is -2.33. The summed E-state index contributed by atoms with van der Waals surface area (Å²) in [5.41, 5.74) is 0.943. The quantitative estimate of drug-likeness (QED) is 0.687. The smallest absolute Gasteiger partial charge is 0.321 e. The van der Waals surface area contributed by atoms with Gasteiger partial charge in [0.2, 0.25) is 0 Å². The molecule has 1 saturated heterocycles. The van der Waals surface area contributed by atoms with Crippen LogP contribution in [0.15, 0.2) is 48.5 Å². The molecule has 26 heavy (non-hydrogen) atoms. The van der Waals surface area contributed by atoms with Gasteiger partial charge in [-0.2, -0.15) is 0 Å². The largest absolute Gasteiger partial charge is 0.493 e. The van der Waals surface area contributed by atoms with Gasteiger partial charge < -0.3 is 19.3 Å². The third kappa shape index (κ3) is 4.42. The number of ether oxygens (including phenoxy) is 3. The van der Waals surface area contributed by atoms with Crippen LogP contribution < -0.4 is 19.5 Å². The summed E-state index contributed by atoms with van der Waals surface area (Å²) in [4.78, 5) is 11.1. The molecule has 0 aliphatic carbocycles. The number of carboxylic acid groups (broad SMARTS) is 1. The molecule has 3 rings (SSSR count). The average Bonchev–Trinajstić information content (AvgIpc) is 3.16. The fraction of sp³-hybridized carbons (Fsp3) is 0.316. The van der Waals surface area contributed by atoms with Gasteiger partial charge in [0, 0.05) is 11.3 Å². The topological polar surface area (TPSA) is 77.0 Å². The van der Waals surface area contributed by atoms with Crippen molar-refractivity contribution in [3.8, 4) is 17.2 Å². The Balaban J connectivity index is 1.56. The van der Waals surface area contributed by atoms with Crippen molar-refractivity contribution in [1.82, 2.24) is 5.32 Å². The van der Waals surface area contributed by atoms with Crippen LogP contribution in [-0.4, -0.2) is 43.2 Å². The Morgan fingerprint density at radius 2 is 1.69 bits per heavy atom. The normalized spacial score (nSPS) is 19.1. The standard InChI is InChI=1S/C19H21NO5S/c1-23-16-8-4-5-9-17(16)25-11-10-24-15-7-3-2-6-13(15)18-20-14(12-26-18)19(21)22/h2-9,14,18,20H,10-12H2,1H3,(H,21,22). The van der Waals surface area contributed by atoms with Crippen molar-refractivity contribution in [2.24, 2.45) is 0 Å². The summed E-state index contributed by atoms with van der Waals surface area (Å²) >= 11 is 1.57. The Bertz CT molecular complexity index is 754. The number of para-hydroxylation sites is 3. The highest BCUT2D eigenvalue weighted by molar-refractivity contribution is 7.99. The van der Waals surface area contributed by atoms with Crippen LogP contribution >= 0.6 is 11.8 Å². The van der Waals surface area contributed by atoms with E-state index < -0.39 is 12.0 Å². The van der Waals surface area contributed by atoms with Crippen molar-refractivity contribution in [2.45, 2.75) is 11.4 Å². The van der Waals surface area contributed by atoms with Crippen LogP contribution in [0.2, 0.25) is 0 Å². The highest BCUT2D eigenvalue weighted by Gasteiger charge is 2.31. The highest BCUT2D eigenvalue weighted by atomic mass is 32.2. The number of thioether (sulfide) groups is 1. The summed E-state index contributed by atoms with van der Waals surface area (Å²) < 4.78 is 16.8. The fourth-order valence-electron chi connectivity index (χ4n) is 2.66. The molecule has 2 unspecified atom stereocenters. The van der Waals surface area contributed by atoms with Crippen molar-refractivity contribution in [1.29, 1.82) is 0 Å². The van der Waals surface area contributed by atoms with E-state index in [2.05, 4.69) is 5.32 Å². The van der Waals surface area contributed by atoms with Crippen LogP contribution in [0.5, 0.6) is 17.2 Å². The molecule has 2 aromatic carbocycles. The van der Waals surface area contributed by atoms with Crippen molar-refractivity contribution in [3.05, 3.63) is 54.1 Å². The molecule has 1 aliphatic rings. The molecule has 2 aromatic rings. The summed E-state index contributed by atoms with van der Waals surface area (Å²) in [5.74, 6) is 1.78. The Morgan fingerprint density at radius 3 is 2.35 bits per heavy atom. The van der Waals surface area contributed by atoms with E-state index in [9.17, 15) is 4.79 Å². The Labute approximate surface area is 156 Å². The number of benzene rings is 2. The van der Waals surface area contributed by atoms with Gasteiger partial charge in [-0.25, -0.2) is 0 Å². The van der Waals surface area contributed by atoms with E-state index in [1.807, 2.05) is 48.5 Å². The number of rotatable bonds is 8. The first-order chi connectivity index (χ1) is 12.7. The summed E-state index contributed by atoms with van der Waals surface area (Å²) in [6.45, 7) is 0.743. The molecule has 1 heterocycles. The Hall–Kier alpha value is -2.38. The minimum absolute atomic E-state index is 0.0950. The Kier molecular flexibility index (Phi) is 6.25. The van der Waals surface area contributed by atoms with E-state index >= 15 is 0 Å². The number of carbonyl (C=O) groups is 1. The number of carboxylic acids is 1. The molecule has 138 valence electrons. The van der Waals surface area contributed by atoms with Crippen molar-refractivity contribution < 1.29 is 24.1 Å². The van der Waals surface area contributed by atoms with Gasteiger partial charge in [0.1, 0.15) is 25.0 Å². The third-order valence-electron chi connectivity index (χ3n) is 3.95. The van der Waals surface area contributed by atoms with E-state index in [4.69, 9.17) is 19.3 Å². The number of methoxy groups -OCH3 is 1. The van der Waals surface area contributed by atoms with Crippen molar-refractivity contribution in [3.63, 3.8) is 0 Å². The van der Waals surface area contributed by atoms with Gasteiger partial charge in [0.15, 0.2) is 11.5 Å².